The number of esters is 1. The first-order valence-electron chi connectivity index (χ1n) is 3.03. The van der Waals surface area contributed by atoms with E-state index in [1.807, 2.05) is 42.5 Å². The fraction of sp³-hybridized carbons (Fsp3) is 0.571. The lowest BCUT2D eigenvalue weighted by Crippen LogP contribution is -2.00. The van der Waals surface area contributed by atoms with Crippen molar-refractivity contribution in [3.63, 3.8) is 0 Å². The maximum Gasteiger partial charge on any atom is 0.343 e. The average molecular weight is 254 g/mol. The van der Waals surface area contributed by atoms with Gasteiger partial charge in [-0.05, 0) is 28.5 Å². The molecule has 0 amide bonds. The minimum atomic E-state index is -0.255. The molecular weight excluding hydrogens is 243 g/mol. The molecule has 58 valence electrons. The van der Waals surface area contributed by atoms with Gasteiger partial charge in [0, 0.05) is 0 Å². The molecule has 3 heteroatoms. The highest BCUT2D eigenvalue weighted by Crippen LogP contribution is 2.11. The zero-order chi connectivity index (χ0) is 8.15. The van der Waals surface area contributed by atoms with E-state index < -0.39 is 0 Å². The van der Waals surface area contributed by atoms with E-state index in [1.54, 1.807) is 0 Å². The molecule has 0 unspecified atom stereocenters. The predicted molar refractivity (Wildman–Crippen MR) is 49.0 cm³/mol. The van der Waals surface area contributed by atoms with Crippen molar-refractivity contribution >= 4 is 28.6 Å². The standard InChI is InChI=1S/C7H11IO2/c1-5(2)4-6(8)7(9)10-3/h4-5H,1-3H3/b6-4-. The monoisotopic (exact) mass is 254 g/mol. The molecule has 0 bridgehead atoms. The third-order valence-corrected chi connectivity index (χ3v) is 1.66. The summed E-state index contributed by atoms with van der Waals surface area (Å²) in [5, 5.41) is 0. The molecule has 0 radical (unpaired) electrons. The molecule has 0 saturated carbocycles. The molecule has 0 atom stereocenters. The lowest BCUT2D eigenvalue weighted by Gasteiger charge is -1.98. The Morgan fingerprint density at radius 3 is 2.40 bits per heavy atom. The first kappa shape index (κ1) is 9.94. The Morgan fingerprint density at radius 1 is 1.60 bits per heavy atom. The summed E-state index contributed by atoms with van der Waals surface area (Å²) < 4.78 is 5.15. The normalized spacial score (nSPS) is 11.9. The molecule has 0 N–H and O–H groups in total. The molecule has 0 aliphatic carbocycles. The van der Waals surface area contributed by atoms with Gasteiger partial charge in [0.05, 0.1) is 10.7 Å². The Bertz CT molecular complexity index is 150. The fourth-order valence-corrected chi connectivity index (χ4v) is 1.40. The van der Waals surface area contributed by atoms with E-state index in [2.05, 4.69) is 4.74 Å². The number of carbonyl (C=O) groups is 1. The lowest BCUT2D eigenvalue weighted by atomic mass is 10.2. The van der Waals surface area contributed by atoms with E-state index in [1.165, 1.54) is 7.11 Å². The summed E-state index contributed by atoms with van der Waals surface area (Å²) in [6, 6.07) is 0. The summed E-state index contributed by atoms with van der Waals surface area (Å²) in [6.07, 6.45) is 1.87. The van der Waals surface area contributed by atoms with Gasteiger partial charge in [0.2, 0.25) is 0 Å². The molecule has 2 nitrogen and oxygen atoms in total. The molecule has 0 aliphatic rings. The van der Waals surface area contributed by atoms with Crippen molar-refractivity contribution in [1.29, 1.82) is 0 Å². The smallest absolute Gasteiger partial charge is 0.343 e. The van der Waals surface area contributed by atoms with Gasteiger partial charge in [0.25, 0.3) is 0 Å². The van der Waals surface area contributed by atoms with Crippen molar-refractivity contribution in [3.8, 4) is 0 Å². The Hall–Kier alpha value is -0.0600. The van der Waals surface area contributed by atoms with E-state index in [0.29, 0.717) is 9.50 Å². The van der Waals surface area contributed by atoms with Crippen LogP contribution in [-0.4, -0.2) is 13.1 Å². The molecule has 10 heavy (non-hydrogen) atoms. The van der Waals surface area contributed by atoms with Crippen molar-refractivity contribution in [1.82, 2.24) is 0 Å². The van der Waals surface area contributed by atoms with Gasteiger partial charge in [-0.1, -0.05) is 19.9 Å². The third kappa shape index (κ3) is 3.87. The highest BCUT2D eigenvalue weighted by molar-refractivity contribution is 14.1. The molecule has 0 aromatic carbocycles. The first-order valence-corrected chi connectivity index (χ1v) is 4.11. The predicted octanol–water partition coefficient (Wildman–Crippen LogP) is 2.13. The molecule has 0 aromatic heterocycles. The Morgan fingerprint density at radius 2 is 2.10 bits per heavy atom. The van der Waals surface area contributed by atoms with Crippen LogP contribution in [-0.2, 0) is 9.53 Å². The van der Waals surface area contributed by atoms with Crippen LogP contribution in [0.15, 0.2) is 9.66 Å². The van der Waals surface area contributed by atoms with Crippen LogP contribution in [0.1, 0.15) is 13.8 Å². The summed E-state index contributed by atoms with van der Waals surface area (Å²) in [4.78, 5) is 10.7. The van der Waals surface area contributed by atoms with E-state index in [9.17, 15) is 4.79 Å². The topological polar surface area (TPSA) is 26.3 Å². The number of hydrogen-bond donors (Lipinski definition) is 0. The molecule has 0 fully saturated rings. The van der Waals surface area contributed by atoms with Crippen LogP contribution < -0.4 is 0 Å². The van der Waals surface area contributed by atoms with E-state index in [-0.39, 0.29) is 5.97 Å². The zero-order valence-corrected chi connectivity index (χ0v) is 8.51. The van der Waals surface area contributed by atoms with Crippen molar-refractivity contribution in [3.05, 3.63) is 9.66 Å². The van der Waals surface area contributed by atoms with Crippen LogP contribution in [0.4, 0.5) is 0 Å². The van der Waals surface area contributed by atoms with Gasteiger partial charge in [-0.3, -0.25) is 0 Å². The minimum absolute atomic E-state index is 0.255. The number of ether oxygens (including phenoxy) is 1. The highest BCUT2D eigenvalue weighted by atomic mass is 127. The van der Waals surface area contributed by atoms with Crippen LogP contribution in [0.3, 0.4) is 0 Å². The van der Waals surface area contributed by atoms with E-state index in [0.717, 1.165) is 0 Å². The highest BCUT2D eigenvalue weighted by Gasteiger charge is 2.04. The Labute approximate surface area is 74.8 Å². The average Bonchev–Trinajstić information content (AvgIpc) is 1.85. The third-order valence-electron chi connectivity index (χ3n) is 0.860. The Balaban J connectivity index is 4.05. The SMILES string of the molecule is COC(=O)/C(I)=C/C(C)C. The first-order chi connectivity index (χ1) is 4.57. The molecule has 0 rings (SSSR count). The lowest BCUT2D eigenvalue weighted by molar-refractivity contribution is -0.135. The van der Waals surface area contributed by atoms with Gasteiger partial charge in [-0.15, -0.1) is 0 Å². The number of carbonyl (C=O) groups excluding carboxylic acids is 1. The summed E-state index contributed by atoms with van der Waals surface area (Å²) in [6.45, 7) is 4.03. The number of methoxy groups -OCH3 is 1. The van der Waals surface area contributed by atoms with Gasteiger partial charge in [-0.25, -0.2) is 4.79 Å². The van der Waals surface area contributed by atoms with Crippen molar-refractivity contribution in [2.45, 2.75) is 13.8 Å². The van der Waals surface area contributed by atoms with E-state index in [4.69, 9.17) is 0 Å². The van der Waals surface area contributed by atoms with Gasteiger partial charge in [-0.2, -0.15) is 0 Å². The second kappa shape index (κ2) is 4.71. The van der Waals surface area contributed by atoms with Crippen LogP contribution >= 0.6 is 22.6 Å². The zero-order valence-electron chi connectivity index (χ0n) is 6.35. The number of halogens is 1. The van der Waals surface area contributed by atoms with Crippen molar-refractivity contribution in [2.75, 3.05) is 7.11 Å². The summed E-state index contributed by atoms with van der Waals surface area (Å²) in [7, 11) is 1.38. The summed E-state index contributed by atoms with van der Waals surface area (Å²) >= 11 is 1.97. The quantitative estimate of drug-likeness (QED) is 0.428. The Kier molecular flexibility index (Phi) is 4.68. The second-order valence-electron chi connectivity index (χ2n) is 2.25. The molecular formula is C7H11IO2. The van der Waals surface area contributed by atoms with Crippen LogP contribution in [0.5, 0.6) is 0 Å². The number of rotatable bonds is 2. The maximum absolute atomic E-state index is 10.7. The van der Waals surface area contributed by atoms with Gasteiger partial charge in [0.15, 0.2) is 0 Å². The van der Waals surface area contributed by atoms with Crippen LogP contribution in [0, 0.1) is 5.92 Å². The molecule has 0 heterocycles. The largest absolute Gasteiger partial charge is 0.465 e. The van der Waals surface area contributed by atoms with Gasteiger partial charge < -0.3 is 4.74 Å². The van der Waals surface area contributed by atoms with Crippen LogP contribution in [0.2, 0.25) is 0 Å². The van der Waals surface area contributed by atoms with Gasteiger partial charge in [0.1, 0.15) is 0 Å². The molecule has 0 aromatic rings. The van der Waals surface area contributed by atoms with Crippen molar-refractivity contribution in [2.24, 2.45) is 5.92 Å². The summed E-state index contributed by atoms with van der Waals surface area (Å²) in [5.74, 6) is 0.139. The van der Waals surface area contributed by atoms with Crippen LogP contribution in [0.25, 0.3) is 0 Å². The fourth-order valence-electron chi connectivity index (χ4n) is 0.458. The molecule has 0 aliphatic heterocycles. The number of allylic oxidation sites excluding steroid dienone is 1. The summed E-state index contributed by atoms with van der Waals surface area (Å²) in [5.41, 5.74) is 0. The van der Waals surface area contributed by atoms with E-state index >= 15 is 0 Å². The van der Waals surface area contributed by atoms with Crippen molar-refractivity contribution < 1.29 is 9.53 Å². The molecule has 0 spiro atoms. The van der Waals surface area contributed by atoms with Gasteiger partial charge >= 0.3 is 5.97 Å². The number of hydrogen-bond acceptors (Lipinski definition) is 2. The second-order valence-corrected chi connectivity index (χ2v) is 3.41. The minimum Gasteiger partial charge on any atom is -0.465 e. The molecule has 0 saturated heterocycles. The maximum atomic E-state index is 10.7.